The zero-order valence-electron chi connectivity index (χ0n) is 12.4. The molecular weight excluding hydrogens is 296 g/mol. The predicted molar refractivity (Wildman–Crippen MR) is 90.5 cm³/mol. The van der Waals surface area contributed by atoms with Gasteiger partial charge in [-0.05, 0) is 50.3 Å². The number of H-pyrrole nitrogens is 1. The normalized spacial score (nSPS) is 11.0. The SMILES string of the molecule is CC(C)Oc1cccc(-n2c(=S)[nH]c3ccccc3c2=O)c1. The molecule has 0 saturated heterocycles. The third kappa shape index (κ3) is 2.67. The van der Waals surface area contributed by atoms with Crippen molar-refractivity contribution in [3.05, 3.63) is 63.7 Å². The molecule has 22 heavy (non-hydrogen) atoms. The number of rotatable bonds is 3. The van der Waals surface area contributed by atoms with Crippen molar-refractivity contribution in [3.8, 4) is 11.4 Å². The quantitative estimate of drug-likeness (QED) is 0.748. The van der Waals surface area contributed by atoms with E-state index < -0.39 is 0 Å². The first kappa shape index (κ1) is 14.5. The molecule has 3 aromatic rings. The van der Waals surface area contributed by atoms with Crippen LogP contribution in [-0.4, -0.2) is 15.7 Å². The summed E-state index contributed by atoms with van der Waals surface area (Å²) in [5.41, 5.74) is 1.29. The van der Waals surface area contributed by atoms with Crippen LogP contribution in [-0.2, 0) is 0 Å². The van der Waals surface area contributed by atoms with E-state index in [4.69, 9.17) is 17.0 Å². The van der Waals surface area contributed by atoms with E-state index in [0.717, 1.165) is 5.52 Å². The lowest BCUT2D eigenvalue weighted by Gasteiger charge is -2.12. The smallest absolute Gasteiger partial charge is 0.266 e. The maximum Gasteiger partial charge on any atom is 0.266 e. The van der Waals surface area contributed by atoms with Crippen LogP contribution in [0.1, 0.15) is 13.8 Å². The molecule has 1 heterocycles. The third-order valence-corrected chi connectivity index (χ3v) is 3.54. The summed E-state index contributed by atoms with van der Waals surface area (Å²) in [6.45, 7) is 3.92. The zero-order valence-corrected chi connectivity index (χ0v) is 13.2. The Labute approximate surface area is 133 Å². The number of para-hydroxylation sites is 1. The highest BCUT2D eigenvalue weighted by Crippen LogP contribution is 2.18. The summed E-state index contributed by atoms with van der Waals surface area (Å²) >= 11 is 5.35. The third-order valence-electron chi connectivity index (χ3n) is 3.25. The number of benzene rings is 2. The molecule has 0 saturated carbocycles. The number of hydrogen-bond donors (Lipinski definition) is 1. The van der Waals surface area contributed by atoms with Crippen molar-refractivity contribution in [3.63, 3.8) is 0 Å². The summed E-state index contributed by atoms with van der Waals surface area (Å²) in [5, 5.41) is 0.603. The van der Waals surface area contributed by atoms with Gasteiger partial charge in [-0.2, -0.15) is 0 Å². The average molecular weight is 312 g/mol. The highest BCUT2D eigenvalue weighted by Gasteiger charge is 2.08. The van der Waals surface area contributed by atoms with Gasteiger partial charge in [0.05, 0.1) is 22.7 Å². The van der Waals surface area contributed by atoms with Crippen LogP contribution < -0.4 is 10.3 Å². The van der Waals surface area contributed by atoms with E-state index in [1.807, 2.05) is 56.3 Å². The summed E-state index contributed by atoms with van der Waals surface area (Å²) in [6.07, 6.45) is 0.0677. The lowest BCUT2D eigenvalue weighted by molar-refractivity contribution is 0.242. The van der Waals surface area contributed by atoms with E-state index in [9.17, 15) is 4.79 Å². The summed E-state index contributed by atoms with van der Waals surface area (Å²) in [5.74, 6) is 0.710. The van der Waals surface area contributed by atoms with Gasteiger partial charge in [0.2, 0.25) is 0 Å². The summed E-state index contributed by atoms with van der Waals surface area (Å²) < 4.78 is 7.54. The molecule has 5 heteroatoms. The molecular formula is C17H16N2O2S. The minimum absolute atomic E-state index is 0.0677. The number of nitrogens with zero attached hydrogens (tertiary/aromatic N) is 1. The molecule has 0 aliphatic heterocycles. The molecule has 0 aliphatic carbocycles. The highest BCUT2D eigenvalue weighted by atomic mass is 32.1. The maximum absolute atomic E-state index is 12.7. The number of aromatic amines is 1. The van der Waals surface area contributed by atoms with Gasteiger partial charge in [0.25, 0.3) is 5.56 Å². The van der Waals surface area contributed by atoms with E-state index in [2.05, 4.69) is 4.98 Å². The summed E-state index contributed by atoms with van der Waals surface area (Å²) in [4.78, 5) is 15.8. The van der Waals surface area contributed by atoms with Crippen molar-refractivity contribution in [1.29, 1.82) is 0 Å². The van der Waals surface area contributed by atoms with Crippen molar-refractivity contribution < 1.29 is 4.74 Å². The first-order valence-electron chi connectivity index (χ1n) is 7.07. The molecule has 0 aliphatic rings. The van der Waals surface area contributed by atoms with E-state index >= 15 is 0 Å². The van der Waals surface area contributed by atoms with Crippen molar-refractivity contribution in [2.75, 3.05) is 0 Å². The molecule has 4 nitrogen and oxygen atoms in total. The van der Waals surface area contributed by atoms with Crippen molar-refractivity contribution >= 4 is 23.1 Å². The summed E-state index contributed by atoms with van der Waals surface area (Å²) in [7, 11) is 0. The number of hydrogen-bond acceptors (Lipinski definition) is 3. The zero-order chi connectivity index (χ0) is 15.7. The van der Waals surface area contributed by atoms with Crippen LogP contribution in [0.5, 0.6) is 5.75 Å². The number of fused-ring (bicyclic) bond motifs is 1. The Kier molecular flexibility index (Phi) is 3.81. The molecule has 0 unspecified atom stereocenters. The van der Waals surface area contributed by atoms with Crippen molar-refractivity contribution in [2.45, 2.75) is 20.0 Å². The maximum atomic E-state index is 12.7. The van der Waals surface area contributed by atoms with Crippen molar-refractivity contribution in [2.24, 2.45) is 0 Å². The van der Waals surface area contributed by atoms with Crippen LogP contribution >= 0.6 is 12.2 Å². The van der Waals surface area contributed by atoms with Crippen LogP contribution in [0, 0.1) is 4.77 Å². The van der Waals surface area contributed by atoms with Gasteiger partial charge in [-0.1, -0.05) is 18.2 Å². The van der Waals surface area contributed by atoms with E-state index in [0.29, 0.717) is 21.6 Å². The second-order valence-corrected chi connectivity index (χ2v) is 5.67. The fourth-order valence-electron chi connectivity index (χ4n) is 2.36. The van der Waals surface area contributed by atoms with Crippen LogP contribution in [0.4, 0.5) is 0 Å². The van der Waals surface area contributed by atoms with E-state index in [1.54, 1.807) is 6.07 Å². The van der Waals surface area contributed by atoms with Gasteiger partial charge in [-0.3, -0.25) is 9.36 Å². The Morgan fingerprint density at radius 1 is 1.14 bits per heavy atom. The molecule has 1 N–H and O–H groups in total. The second kappa shape index (κ2) is 5.77. The molecule has 1 aromatic heterocycles. The Morgan fingerprint density at radius 2 is 1.91 bits per heavy atom. The van der Waals surface area contributed by atoms with Gasteiger partial charge in [-0.25, -0.2) is 0 Å². The van der Waals surface area contributed by atoms with Crippen molar-refractivity contribution in [1.82, 2.24) is 9.55 Å². The molecule has 0 atom stereocenters. The number of ether oxygens (including phenoxy) is 1. The molecule has 0 radical (unpaired) electrons. The molecule has 0 fully saturated rings. The Bertz CT molecular complexity index is 941. The minimum Gasteiger partial charge on any atom is -0.491 e. The largest absolute Gasteiger partial charge is 0.491 e. The second-order valence-electron chi connectivity index (χ2n) is 5.28. The van der Waals surface area contributed by atoms with Gasteiger partial charge >= 0.3 is 0 Å². The number of nitrogens with one attached hydrogen (secondary N) is 1. The number of aromatic nitrogens is 2. The van der Waals surface area contributed by atoms with Crippen LogP contribution in [0.2, 0.25) is 0 Å². The lowest BCUT2D eigenvalue weighted by Crippen LogP contribution is -2.20. The molecule has 112 valence electrons. The topological polar surface area (TPSA) is 47.0 Å². The van der Waals surface area contributed by atoms with Gasteiger partial charge in [0, 0.05) is 6.07 Å². The fourth-order valence-corrected chi connectivity index (χ4v) is 2.66. The monoisotopic (exact) mass is 312 g/mol. The Balaban J connectivity index is 2.22. The first-order valence-corrected chi connectivity index (χ1v) is 7.48. The standard InChI is InChI=1S/C17H16N2O2S/c1-11(2)21-13-7-5-6-12(10-13)19-16(20)14-8-3-4-9-15(14)18-17(19)22/h3-11H,1-2H3,(H,18,22). The van der Waals surface area contributed by atoms with Gasteiger partial charge < -0.3 is 9.72 Å². The van der Waals surface area contributed by atoms with E-state index in [1.165, 1.54) is 4.57 Å². The molecule has 3 rings (SSSR count). The minimum atomic E-state index is -0.138. The Morgan fingerprint density at radius 3 is 2.68 bits per heavy atom. The molecule has 0 spiro atoms. The molecule has 0 bridgehead atoms. The summed E-state index contributed by atoms with van der Waals surface area (Å²) in [6, 6.07) is 14.7. The predicted octanol–water partition coefficient (Wildman–Crippen LogP) is 3.84. The lowest BCUT2D eigenvalue weighted by atomic mass is 10.2. The van der Waals surface area contributed by atoms with E-state index in [-0.39, 0.29) is 11.7 Å². The molecule has 0 amide bonds. The van der Waals surface area contributed by atoms with Crippen LogP contribution in [0.25, 0.3) is 16.6 Å². The highest BCUT2D eigenvalue weighted by molar-refractivity contribution is 7.71. The molecule has 2 aromatic carbocycles. The van der Waals surface area contributed by atoms with Crippen LogP contribution in [0.3, 0.4) is 0 Å². The fraction of sp³-hybridized carbons (Fsp3) is 0.176. The van der Waals surface area contributed by atoms with Gasteiger partial charge in [0.15, 0.2) is 4.77 Å². The Hall–Kier alpha value is -2.40. The first-order chi connectivity index (χ1) is 10.6. The van der Waals surface area contributed by atoms with Crippen LogP contribution in [0.15, 0.2) is 53.3 Å². The van der Waals surface area contributed by atoms with Gasteiger partial charge in [0.1, 0.15) is 5.75 Å². The van der Waals surface area contributed by atoms with Gasteiger partial charge in [-0.15, -0.1) is 0 Å². The average Bonchev–Trinajstić information content (AvgIpc) is 2.47.